The van der Waals surface area contributed by atoms with Gasteiger partial charge in [0, 0.05) is 13.1 Å². The van der Waals surface area contributed by atoms with Gasteiger partial charge in [0.15, 0.2) is 0 Å². The van der Waals surface area contributed by atoms with Crippen molar-refractivity contribution in [2.24, 2.45) is 5.92 Å². The van der Waals surface area contributed by atoms with Crippen LogP contribution in [0, 0.1) is 5.92 Å². The van der Waals surface area contributed by atoms with Crippen LogP contribution >= 0.6 is 0 Å². The number of anilines is 1. The van der Waals surface area contributed by atoms with Gasteiger partial charge in [-0.1, -0.05) is 27.2 Å². The maximum Gasteiger partial charge on any atom is 0.335 e. The average Bonchev–Trinajstić information content (AvgIpc) is 2.46. The molecular weight excluding hydrogens is 316 g/mol. The monoisotopic (exact) mass is 342 g/mol. The first kappa shape index (κ1) is 19.4. The minimum Gasteiger partial charge on any atom is -0.478 e. The zero-order valence-corrected chi connectivity index (χ0v) is 14.7. The van der Waals surface area contributed by atoms with E-state index in [1.54, 1.807) is 0 Å². The molecule has 0 heterocycles. The molecular formula is C16H26N2O4S. The second-order valence-corrected chi connectivity index (χ2v) is 7.61. The lowest BCUT2D eigenvalue weighted by Crippen LogP contribution is -2.27. The smallest absolute Gasteiger partial charge is 0.335 e. The largest absolute Gasteiger partial charge is 0.478 e. The zero-order chi connectivity index (χ0) is 17.5. The van der Waals surface area contributed by atoms with Crippen molar-refractivity contribution >= 4 is 21.7 Å². The molecule has 0 unspecified atom stereocenters. The number of nitrogens with one attached hydrogen (secondary N) is 2. The fourth-order valence-corrected chi connectivity index (χ4v) is 3.24. The highest BCUT2D eigenvalue weighted by molar-refractivity contribution is 7.89. The highest BCUT2D eigenvalue weighted by Gasteiger charge is 2.20. The Morgan fingerprint density at radius 2 is 1.96 bits per heavy atom. The molecule has 6 nitrogen and oxygen atoms in total. The van der Waals surface area contributed by atoms with Gasteiger partial charge >= 0.3 is 5.97 Å². The van der Waals surface area contributed by atoms with E-state index in [1.165, 1.54) is 18.2 Å². The van der Waals surface area contributed by atoms with E-state index in [-0.39, 0.29) is 10.5 Å². The van der Waals surface area contributed by atoms with Crippen LogP contribution in [0.4, 0.5) is 5.69 Å². The molecule has 0 aliphatic heterocycles. The highest BCUT2D eigenvalue weighted by Crippen LogP contribution is 2.23. The first-order chi connectivity index (χ1) is 10.8. The van der Waals surface area contributed by atoms with E-state index in [4.69, 9.17) is 5.11 Å². The summed E-state index contributed by atoms with van der Waals surface area (Å²) in [5.74, 6) is -0.769. The Morgan fingerprint density at radius 3 is 2.52 bits per heavy atom. The molecule has 7 heteroatoms. The molecule has 0 aliphatic carbocycles. The summed E-state index contributed by atoms with van der Waals surface area (Å²) in [4.78, 5) is 11.1. The van der Waals surface area contributed by atoms with Gasteiger partial charge in [-0.25, -0.2) is 17.9 Å². The second kappa shape index (κ2) is 8.88. The summed E-state index contributed by atoms with van der Waals surface area (Å²) in [5.41, 5.74) is 0.385. The lowest BCUT2D eigenvalue weighted by molar-refractivity contribution is 0.0696. The molecule has 0 fully saturated rings. The fourth-order valence-electron chi connectivity index (χ4n) is 1.98. The van der Waals surface area contributed by atoms with Crippen molar-refractivity contribution in [3.63, 3.8) is 0 Å². The summed E-state index contributed by atoms with van der Waals surface area (Å²) in [6.45, 7) is 7.03. The van der Waals surface area contributed by atoms with Gasteiger partial charge in [-0.2, -0.15) is 0 Å². The van der Waals surface area contributed by atoms with E-state index in [2.05, 4.69) is 10.0 Å². The highest BCUT2D eigenvalue weighted by atomic mass is 32.2. The predicted molar refractivity (Wildman–Crippen MR) is 91.4 cm³/mol. The summed E-state index contributed by atoms with van der Waals surface area (Å²) in [6.07, 6.45) is 2.60. The van der Waals surface area contributed by atoms with Gasteiger partial charge in [-0.15, -0.1) is 0 Å². The molecule has 23 heavy (non-hydrogen) atoms. The molecule has 0 amide bonds. The van der Waals surface area contributed by atoms with Crippen LogP contribution in [0.5, 0.6) is 0 Å². The molecule has 0 atom stereocenters. The van der Waals surface area contributed by atoms with E-state index in [1.807, 2.05) is 20.8 Å². The average molecular weight is 342 g/mol. The third kappa shape index (κ3) is 6.19. The normalized spacial score (nSPS) is 11.7. The number of hydrogen-bond acceptors (Lipinski definition) is 4. The Labute approximate surface area is 138 Å². The van der Waals surface area contributed by atoms with Gasteiger partial charge in [-0.05, 0) is 37.0 Å². The molecule has 1 aromatic carbocycles. The van der Waals surface area contributed by atoms with Gasteiger partial charge in [-0.3, -0.25) is 0 Å². The van der Waals surface area contributed by atoms with Crippen LogP contribution in [0.15, 0.2) is 23.1 Å². The summed E-state index contributed by atoms with van der Waals surface area (Å²) in [5, 5.41) is 12.2. The van der Waals surface area contributed by atoms with Crippen LogP contribution in [-0.2, 0) is 10.0 Å². The Morgan fingerprint density at radius 1 is 1.26 bits per heavy atom. The van der Waals surface area contributed by atoms with Crippen LogP contribution < -0.4 is 10.0 Å². The van der Waals surface area contributed by atoms with Crippen LogP contribution in [0.3, 0.4) is 0 Å². The SMILES string of the molecule is CCCCNc1ccc(C(=O)O)cc1S(=O)(=O)NCCC(C)C. The summed E-state index contributed by atoms with van der Waals surface area (Å²) < 4.78 is 27.5. The molecule has 0 aromatic heterocycles. The molecule has 0 saturated carbocycles. The first-order valence-electron chi connectivity index (χ1n) is 7.88. The van der Waals surface area contributed by atoms with Crippen molar-refractivity contribution in [2.75, 3.05) is 18.4 Å². The number of benzene rings is 1. The summed E-state index contributed by atoms with van der Waals surface area (Å²) in [6, 6.07) is 4.12. The lowest BCUT2D eigenvalue weighted by atomic mass is 10.1. The maximum atomic E-state index is 12.5. The third-order valence-corrected chi connectivity index (χ3v) is 4.88. The molecule has 0 bridgehead atoms. The first-order valence-corrected chi connectivity index (χ1v) is 9.37. The maximum absolute atomic E-state index is 12.5. The number of unbranched alkanes of at least 4 members (excludes halogenated alkanes) is 1. The third-order valence-electron chi connectivity index (χ3n) is 3.38. The van der Waals surface area contributed by atoms with Crippen molar-refractivity contribution in [1.82, 2.24) is 4.72 Å². The lowest BCUT2D eigenvalue weighted by Gasteiger charge is -2.14. The Bertz CT molecular complexity index is 627. The van der Waals surface area contributed by atoms with Crippen LogP contribution in [0.2, 0.25) is 0 Å². The van der Waals surface area contributed by atoms with E-state index in [0.717, 1.165) is 19.3 Å². The molecule has 0 spiro atoms. The summed E-state index contributed by atoms with van der Waals surface area (Å²) >= 11 is 0. The zero-order valence-electron chi connectivity index (χ0n) is 13.9. The van der Waals surface area contributed by atoms with Crippen LogP contribution in [0.1, 0.15) is 50.4 Å². The molecule has 0 aliphatic rings. The molecule has 1 aromatic rings. The molecule has 0 saturated heterocycles. The Kier molecular flexibility index (Phi) is 7.51. The minimum atomic E-state index is -3.76. The van der Waals surface area contributed by atoms with Crippen molar-refractivity contribution in [2.45, 2.75) is 44.9 Å². The molecule has 1 rings (SSSR count). The predicted octanol–water partition coefficient (Wildman–Crippen LogP) is 2.92. The second-order valence-electron chi connectivity index (χ2n) is 5.88. The number of hydrogen-bond donors (Lipinski definition) is 3. The summed E-state index contributed by atoms with van der Waals surface area (Å²) in [7, 11) is -3.76. The topological polar surface area (TPSA) is 95.5 Å². The number of carboxylic acids is 1. The van der Waals surface area contributed by atoms with E-state index >= 15 is 0 Å². The number of aromatic carboxylic acids is 1. The molecule has 3 N–H and O–H groups in total. The van der Waals surface area contributed by atoms with Crippen LogP contribution in [0.25, 0.3) is 0 Å². The van der Waals surface area contributed by atoms with Gasteiger partial charge < -0.3 is 10.4 Å². The van der Waals surface area contributed by atoms with Gasteiger partial charge in [0.25, 0.3) is 0 Å². The number of rotatable bonds is 10. The molecule has 130 valence electrons. The fraction of sp³-hybridized carbons (Fsp3) is 0.562. The minimum absolute atomic E-state index is 0.0164. The van der Waals surface area contributed by atoms with Crippen molar-refractivity contribution in [1.29, 1.82) is 0 Å². The van der Waals surface area contributed by atoms with Crippen LogP contribution in [-0.4, -0.2) is 32.6 Å². The standard InChI is InChI=1S/C16H26N2O4S/c1-4-5-9-17-14-7-6-13(16(19)20)11-15(14)23(21,22)18-10-8-12(2)3/h6-7,11-12,17-18H,4-5,8-10H2,1-3H3,(H,19,20). The van der Waals surface area contributed by atoms with E-state index < -0.39 is 16.0 Å². The van der Waals surface area contributed by atoms with Gasteiger partial charge in [0.1, 0.15) is 4.90 Å². The van der Waals surface area contributed by atoms with Gasteiger partial charge in [0.2, 0.25) is 10.0 Å². The van der Waals surface area contributed by atoms with Gasteiger partial charge in [0.05, 0.1) is 11.3 Å². The molecule has 0 radical (unpaired) electrons. The Hall–Kier alpha value is -1.60. The van der Waals surface area contributed by atoms with E-state index in [0.29, 0.717) is 24.7 Å². The Balaban J connectivity index is 3.06. The van der Waals surface area contributed by atoms with Crippen molar-refractivity contribution < 1.29 is 18.3 Å². The number of carboxylic acid groups (broad SMARTS) is 1. The van der Waals surface area contributed by atoms with Crippen molar-refractivity contribution in [3.05, 3.63) is 23.8 Å². The number of sulfonamides is 1. The van der Waals surface area contributed by atoms with Crippen molar-refractivity contribution in [3.8, 4) is 0 Å². The number of carbonyl (C=O) groups is 1. The quantitative estimate of drug-likeness (QED) is 0.568. The van der Waals surface area contributed by atoms with E-state index in [9.17, 15) is 13.2 Å².